The number of ether oxygens (including phenoxy) is 3. The molecule has 0 saturated carbocycles. The van der Waals surface area contributed by atoms with Crippen LogP contribution in [-0.4, -0.2) is 37.2 Å². The molecule has 0 bridgehead atoms. The molecule has 0 aliphatic carbocycles. The SMILES string of the molecule is CC/C=C\C/C=C\C/C=C\C/C=C\CCCCCCCCCCCCCCCCCCCCC(=O)OCC(COC(=O)CCCCCCC/C=C\C/C=C\CCCC)OC(=O)CCCCCCCCCCCCCCCCCCCCC. The van der Waals surface area contributed by atoms with Gasteiger partial charge in [0.05, 0.1) is 0 Å². The smallest absolute Gasteiger partial charge is 0.306 e. The third kappa shape index (κ3) is 67.6. The summed E-state index contributed by atoms with van der Waals surface area (Å²) in [7, 11) is 0. The van der Waals surface area contributed by atoms with Crippen LogP contribution in [0.5, 0.6) is 0 Å². The van der Waals surface area contributed by atoms with Crippen molar-refractivity contribution in [1.29, 1.82) is 0 Å². The fourth-order valence-electron chi connectivity index (χ4n) is 10.6. The van der Waals surface area contributed by atoms with Crippen molar-refractivity contribution in [2.45, 2.75) is 380 Å². The third-order valence-electron chi connectivity index (χ3n) is 15.9. The molecule has 0 saturated heterocycles. The number of rotatable bonds is 66. The summed E-state index contributed by atoms with van der Waals surface area (Å²) >= 11 is 0. The van der Waals surface area contributed by atoms with Crippen molar-refractivity contribution in [3.63, 3.8) is 0 Å². The molecule has 0 amide bonds. The van der Waals surface area contributed by atoms with E-state index < -0.39 is 6.10 Å². The Morgan fingerprint density at radius 1 is 0.256 bits per heavy atom. The van der Waals surface area contributed by atoms with Gasteiger partial charge in [-0.3, -0.25) is 14.4 Å². The molecule has 0 aromatic heterocycles. The molecule has 0 aromatic carbocycles. The topological polar surface area (TPSA) is 78.9 Å². The summed E-state index contributed by atoms with van der Waals surface area (Å²) in [6.45, 7) is 6.54. The second kappa shape index (κ2) is 70.3. The molecule has 0 radical (unpaired) electrons. The van der Waals surface area contributed by atoms with Gasteiger partial charge in [0.25, 0.3) is 0 Å². The lowest BCUT2D eigenvalue weighted by atomic mass is 10.0. The number of carbonyl (C=O) groups is 3. The molecule has 6 heteroatoms. The van der Waals surface area contributed by atoms with E-state index in [0.717, 1.165) is 103 Å². The Morgan fingerprint density at radius 3 is 0.780 bits per heavy atom. The van der Waals surface area contributed by atoms with Gasteiger partial charge in [-0.15, -0.1) is 0 Å². The highest BCUT2D eigenvalue weighted by atomic mass is 16.6. The van der Waals surface area contributed by atoms with Gasteiger partial charge in [-0.2, -0.15) is 0 Å². The van der Waals surface area contributed by atoms with Crippen molar-refractivity contribution in [3.05, 3.63) is 72.9 Å². The standard InChI is InChI=1S/C76H136O6/c1-4-7-10-13-16-19-22-25-28-30-32-33-34-35-36-37-38-39-40-41-42-43-45-46-48-51-54-57-60-63-66-69-75(78)81-72-73(71-80-74(77)68-65-62-59-56-53-50-27-24-21-18-15-12-9-6-3)82-76(79)70-67-64-61-58-55-52-49-47-44-31-29-26-23-20-17-14-11-8-5-2/h7,10,15-16,18-19,24-25,27-28,32-33,73H,4-6,8-9,11-14,17,20-23,26,29-31,34-72H2,1-3H3/b10-7-,18-15-,19-16-,27-24-,28-25-,33-32-. The second-order valence-corrected chi connectivity index (χ2v) is 24.1. The molecule has 1 unspecified atom stereocenters. The van der Waals surface area contributed by atoms with E-state index in [1.54, 1.807) is 0 Å². The molecule has 1 atom stereocenters. The average molecular weight is 1150 g/mol. The number of esters is 3. The normalized spacial score (nSPS) is 12.5. The highest BCUT2D eigenvalue weighted by Gasteiger charge is 2.19. The van der Waals surface area contributed by atoms with Gasteiger partial charge in [-0.1, -0.05) is 344 Å². The molecule has 0 fully saturated rings. The molecule has 0 aliphatic rings. The van der Waals surface area contributed by atoms with Gasteiger partial charge in [0, 0.05) is 19.3 Å². The Balaban J connectivity index is 4.20. The zero-order valence-corrected chi connectivity index (χ0v) is 54.8. The largest absolute Gasteiger partial charge is 0.462 e. The first-order valence-electron chi connectivity index (χ1n) is 35.9. The van der Waals surface area contributed by atoms with Crippen molar-refractivity contribution < 1.29 is 28.6 Å². The van der Waals surface area contributed by atoms with Crippen LogP contribution in [0.4, 0.5) is 0 Å². The first-order valence-corrected chi connectivity index (χ1v) is 35.9. The van der Waals surface area contributed by atoms with E-state index in [2.05, 4.69) is 93.7 Å². The summed E-state index contributed by atoms with van der Waals surface area (Å²) < 4.78 is 17.0. The lowest BCUT2D eigenvalue weighted by molar-refractivity contribution is -0.167. The Kier molecular flexibility index (Phi) is 67.6. The molecule has 82 heavy (non-hydrogen) atoms. The summed E-state index contributed by atoms with van der Waals surface area (Å²) in [5.74, 6) is -0.863. The lowest BCUT2D eigenvalue weighted by Gasteiger charge is -2.18. The summed E-state index contributed by atoms with van der Waals surface area (Å²) in [6, 6.07) is 0. The molecular formula is C76H136O6. The summed E-state index contributed by atoms with van der Waals surface area (Å²) in [5.41, 5.74) is 0. The first kappa shape index (κ1) is 78.8. The van der Waals surface area contributed by atoms with E-state index in [4.69, 9.17) is 14.2 Å². The lowest BCUT2D eigenvalue weighted by Crippen LogP contribution is -2.30. The Bertz CT molecular complexity index is 1500. The van der Waals surface area contributed by atoms with E-state index >= 15 is 0 Å². The van der Waals surface area contributed by atoms with Gasteiger partial charge in [0.1, 0.15) is 13.2 Å². The van der Waals surface area contributed by atoms with E-state index in [1.807, 2.05) is 0 Å². The van der Waals surface area contributed by atoms with Crippen molar-refractivity contribution in [1.82, 2.24) is 0 Å². The van der Waals surface area contributed by atoms with Crippen LogP contribution in [-0.2, 0) is 28.6 Å². The maximum atomic E-state index is 12.9. The molecule has 476 valence electrons. The fraction of sp³-hybridized carbons (Fsp3) is 0.803. The van der Waals surface area contributed by atoms with Crippen LogP contribution in [0.3, 0.4) is 0 Å². The molecule has 0 aliphatic heterocycles. The van der Waals surface area contributed by atoms with Crippen molar-refractivity contribution >= 4 is 17.9 Å². The molecular weight excluding hydrogens is 1010 g/mol. The molecule has 0 heterocycles. The van der Waals surface area contributed by atoms with Crippen LogP contribution < -0.4 is 0 Å². The van der Waals surface area contributed by atoms with Crippen LogP contribution in [0.1, 0.15) is 374 Å². The minimum atomic E-state index is -0.779. The first-order chi connectivity index (χ1) is 40.5. The Hall–Kier alpha value is -3.15. The molecule has 0 rings (SSSR count). The summed E-state index contributed by atoms with van der Waals surface area (Å²) in [4.78, 5) is 38.4. The molecule has 0 spiro atoms. The minimum Gasteiger partial charge on any atom is -0.462 e. The van der Waals surface area contributed by atoms with Gasteiger partial charge >= 0.3 is 17.9 Å². The van der Waals surface area contributed by atoms with Gasteiger partial charge in [-0.25, -0.2) is 0 Å². The van der Waals surface area contributed by atoms with Gasteiger partial charge in [0.2, 0.25) is 0 Å². The van der Waals surface area contributed by atoms with Gasteiger partial charge < -0.3 is 14.2 Å². The van der Waals surface area contributed by atoms with Crippen LogP contribution in [0.25, 0.3) is 0 Å². The predicted molar refractivity (Wildman–Crippen MR) is 358 cm³/mol. The number of allylic oxidation sites excluding steroid dienone is 12. The van der Waals surface area contributed by atoms with Crippen LogP contribution >= 0.6 is 0 Å². The van der Waals surface area contributed by atoms with E-state index in [-0.39, 0.29) is 31.1 Å². The number of unbranched alkanes of at least 4 members (excludes halogenated alkanes) is 43. The quantitative estimate of drug-likeness (QED) is 0.0261. The number of hydrogen-bond donors (Lipinski definition) is 0. The molecule has 0 aromatic rings. The summed E-state index contributed by atoms with van der Waals surface area (Å²) in [6.07, 6.45) is 92.2. The van der Waals surface area contributed by atoms with Crippen LogP contribution in [0.15, 0.2) is 72.9 Å². The van der Waals surface area contributed by atoms with Crippen LogP contribution in [0, 0.1) is 0 Å². The number of hydrogen-bond acceptors (Lipinski definition) is 6. The highest BCUT2D eigenvalue weighted by Crippen LogP contribution is 2.18. The van der Waals surface area contributed by atoms with Gasteiger partial charge in [-0.05, 0) is 83.5 Å². The fourth-order valence-corrected chi connectivity index (χ4v) is 10.6. The maximum Gasteiger partial charge on any atom is 0.306 e. The highest BCUT2D eigenvalue weighted by molar-refractivity contribution is 5.71. The van der Waals surface area contributed by atoms with Crippen molar-refractivity contribution in [2.24, 2.45) is 0 Å². The Labute approximate surface area is 510 Å². The van der Waals surface area contributed by atoms with E-state index in [9.17, 15) is 14.4 Å². The monoisotopic (exact) mass is 1150 g/mol. The maximum absolute atomic E-state index is 12.9. The van der Waals surface area contributed by atoms with E-state index in [1.165, 1.54) is 231 Å². The Morgan fingerprint density at radius 2 is 0.488 bits per heavy atom. The van der Waals surface area contributed by atoms with Gasteiger partial charge in [0.15, 0.2) is 6.10 Å². The molecule has 6 nitrogen and oxygen atoms in total. The van der Waals surface area contributed by atoms with E-state index in [0.29, 0.717) is 19.3 Å². The predicted octanol–water partition coefficient (Wildman–Crippen LogP) is 24.8. The summed E-state index contributed by atoms with van der Waals surface area (Å²) in [5, 5.41) is 0. The zero-order chi connectivity index (χ0) is 59.2. The average Bonchev–Trinajstić information content (AvgIpc) is 3.47. The number of carbonyl (C=O) groups excluding carboxylic acids is 3. The van der Waals surface area contributed by atoms with Crippen molar-refractivity contribution in [3.8, 4) is 0 Å². The van der Waals surface area contributed by atoms with Crippen molar-refractivity contribution in [2.75, 3.05) is 13.2 Å². The third-order valence-corrected chi connectivity index (χ3v) is 15.9. The molecule has 0 N–H and O–H groups in total. The zero-order valence-electron chi connectivity index (χ0n) is 54.8. The second-order valence-electron chi connectivity index (χ2n) is 24.1. The minimum absolute atomic E-state index is 0.0742. The van der Waals surface area contributed by atoms with Crippen LogP contribution in [0.2, 0.25) is 0 Å².